The number of aromatic nitrogens is 1. The van der Waals surface area contributed by atoms with Crippen LogP contribution in [0.25, 0.3) is 5.57 Å². The second-order valence-electron chi connectivity index (χ2n) is 6.41. The molecule has 2 aliphatic carbocycles. The zero-order valence-corrected chi connectivity index (χ0v) is 12.6. The molecule has 20 heavy (non-hydrogen) atoms. The molecule has 2 heteroatoms. The van der Waals surface area contributed by atoms with Crippen LogP contribution >= 0.6 is 0 Å². The van der Waals surface area contributed by atoms with Gasteiger partial charge in [-0.25, -0.2) is 0 Å². The normalized spacial score (nSPS) is 20.4. The number of nitrogens with zero attached hydrogens (tertiary/aromatic N) is 1. The van der Waals surface area contributed by atoms with Crippen molar-refractivity contribution in [2.45, 2.75) is 58.0 Å². The Hall–Kier alpha value is -1.57. The minimum Gasteiger partial charge on any atom is -0.491 e. The molecule has 1 aromatic rings. The van der Waals surface area contributed by atoms with E-state index < -0.39 is 0 Å². The Bertz CT molecular complexity index is 565. The van der Waals surface area contributed by atoms with Gasteiger partial charge in [-0.05, 0) is 68.2 Å². The van der Waals surface area contributed by atoms with E-state index in [4.69, 9.17) is 4.74 Å². The lowest BCUT2D eigenvalue weighted by Crippen LogP contribution is -2.10. The number of rotatable bonds is 4. The third kappa shape index (κ3) is 2.52. The molecule has 0 aliphatic heterocycles. The summed E-state index contributed by atoms with van der Waals surface area (Å²) in [6.07, 6.45) is 13.4. The molecular formula is C18H23NO. The average Bonchev–Trinajstić information content (AvgIpc) is 3.18. The third-order valence-corrected chi connectivity index (χ3v) is 4.23. The number of pyridine rings is 1. The fourth-order valence-electron chi connectivity index (χ4n) is 2.83. The van der Waals surface area contributed by atoms with Crippen LogP contribution in [0.2, 0.25) is 0 Å². The molecule has 0 bridgehead atoms. The van der Waals surface area contributed by atoms with Crippen LogP contribution in [0.1, 0.15) is 57.6 Å². The number of hydrogen-bond acceptors (Lipinski definition) is 2. The van der Waals surface area contributed by atoms with Crippen molar-refractivity contribution in [3.63, 3.8) is 0 Å². The number of ether oxygens (including phenoxy) is 1. The van der Waals surface area contributed by atoms with Gasteiger partial charge in [-0.3, -0.25) is 4.98 Å². The van der Waals surface area contributed by atoms with Crippen LogP contribution in [0.4, 0.5) is 0 Å². The number of hydrogen-bond donors (Lipinski definition) is 0. The first-order valence-corrected chi connectivity index (χ1v) is 7.62. The summed E-state index contributed by atoms with van der Waals surface area (Å²) < 4.78 is 6.02. The minimum absolute atomic E-state index is 0.213. The highest BCUT2D eigenvalue weighted by atomic mass is 16.5. The zero-order chi connectivity index (χ0) is 14.2. The first-order chi connectivity index (χ1) is 9.60. The molecule has 1 aromatic heterocycles. The van der Waals surface area contributed by atoms with Gasteiger partial charge >= 0.3 is 0 Å². The molecule has 3 rings (SSSR count). The van der Waals surface area contributed by atoms with Crippen LogP contribution in [0, 0.1) is 0 Å². The van der Waals surface area contributed by atoms with Gasteiger partial charge in [-0.15, -0.1) is 0 Å². The van der Waals surface area contributed by atoms with Crippen molar-refractivity contribution in [3.8, 4) is 0 Å². The van der Waals surface area contributed by atoms with Crippen molar-refractivity contribution in [1.29, 1.82) is 0 Å². The van der Waals surface area contributed by atoms with Gasteiger partial charge in [-0.1, -0.05) is 13.0 Å². The van der Waals surface area contributed by atoms with Crippen molar-refractivity contribution >= 4 is 5.57 Å². The predicted molar refractivity (Wildman–Crippen MR) is 82.3 cm³/mol. The van der Waals surface area contributed by atoms with E-state index in [9.17, 15) is 0 Å². The van der Waals surface area contributed by atoms with Crippen molar-refractivity contribution in [1.82, 2.24) is 4.98 Å². The van der Waals surface area contributed by atoms with Crippen LogP contribution in [0.3, 0.4) is 0 Å². The summed E-state index contributed by atoms with van der Waals surface area (Å²) in [6.45, 7) is 6.51. The molecule has 1 fully saturated rings. The topological polar surface area (TPSA) is 22.1 Å². The van der Waals surface area contributed by atoms with E-state index in [1.807, 2.05) is 12.4 Å². The Labute approximate surface area is 121 Å². The second kappa shape index (κ2) is 5.08. The van der Waals surface area contributed by atoms with Crippen LogP contribution in [0.5, 0.6) is 0 Å². The minimum atomic E-state index is 0.213. The fourth-order valence-corrected chi connectivity index (χ4v) is 2.83. The number of allylic oxidation sites excluding steroid dienone is 3. The maximum Gasteiger partial charge on any atom is 0.123 e. The molecule has 0 saturated heterocycles. The monoisotopic (exact) mass is 269 g/mol. The SMILES string of the molecule is CC(C)OC1=CCCC=C1c1ccncc1C1(C)CC1. The largest absolute Gasteiger partial charge is 0.491 e. The smallest absolute Gasteiger partial charge is 0.123 e. The van der Waals surface area contributed by atoms with Crippen molar-refractivity contribution in [2.24, 2.45) is 0 Å². The highest BCUT2D eigenvalue weighted by Crippen LogP contribution is 2.50. The molecule has 0 amide bonds. The maximum absolute atomic E-state index is 6.02. The molecule has 0 spiro atoms. The molecule has 0 aromatic carbocycles. The van der Waals surface area contributed by atoms with Crippen molar-refractivity contribution < 1.29 is 4.74 Å². The Morgan fingerprint density at radius 1 is 1.20 bits per heavy atom. The molecule has 0 N–H and O–H groups in total. The van der Waals surface area contributed by atoms with Gasteiger partial charge in [0, 0.05) is 18.0 Å². The van der Waals surface area contributed by atoms with Gasteiger partial charge < -0.3 is 4.74 Å². The summed E-state index contributed by atoms with van der Waals surface area (Å²) in [6, 6.07) is 2.15. The molecule has 0 atom stereocenters. The molecule has 0 unspecified atom stereocenters. The van der Waals surface area contributed by atoms with E-state index >= 15 is 0 Å². The van der Waals surface area contributed by atoms with Crippen molar-refractivity contribution in [3.05, 3.63) is 47.5 Å². The van der Waals surface area contributed by atoms with E-state index in [1.54, 1.807) is 0 Å². The van der Waals surface area contributed by atoms with Gasteiger partial charge in [0.25, 0.3) is 0 Å². The van der Waals surface area contributed by atoms with E-state index in [0.29, 0.717) is 5.41 Å². The van der Waals surface area contributed by atoms with Crippen LogP contribution in [-0.2, 0) is 10.2 Å². The zero-order valence-electron chi connectivity index (χ0n) is 12.6. The average molecular weight is 269 g/mol. The first kappa shape index (κ1) is 13.4. The molecule has 2 aliphatic rings. The van der Waals surface area contributed by atoms with Gasteiger partial charge in [0.1, 0.15) is 5.76 Å². The van der Waals surface area contributed by atoms with Crippen LogP contribution in [0.15, 0.2) is 36.4 Å². The summed E-state index contributed by atoms with van der Waals surface area (Å²) in [5.41, 5.74) is 4.28. The first-order valence-electron chi connectivity index (χ1n) is 7.62. The summed E-state index contributed by atoms with van der Waals surface area (Å²) in [7, 11) is 0. The fraction of sp³-hybridized carbons (Fsp3) is 0.500. The van der Waals surface area contributed by atoms with Gasteiger partial charge in [0.05, 0.1) is 6.10 Å². The molecule has 0 radical (unpaired) electrons. The molecule has 2 nitrogen and oxygen atoms in total. The van der Waals surface area contributed by atoms with Gasteiger partial charge in [0.2, 0.25) is 0 Å². The Balaban J connectivity index is 2.00. The van der Waals surface area contributed by atoms with E-state index in [1.165, 1.54) is 29.5 Å². The van der Waals surface area contributed by atoms with Crippen LogP contribution in [-0.4, -0.2) is 11.1 Å². The third-order valence-electron chi connectivity index (χ3n) is 4.23. The van der Waals surface area contributed by atoms with E-state index in [0.717, 1.165) is 18.6 Å². The lowest BCUT2D eigenvalue weighted by Gasteiger charge is -2.23. The Morgan fingerprint density at radius 2 is 1.95 bits per heavy atom. The van der Waals surface area contributed by atoms with Gasteiger partial charge in [-0.2, -0.15) is 0 Å². The highest BCUT2D eigenvalue weighted by Gasteiger charge is 2.41. The summed E-state index contributed by atoms with van der Waals surface area (Å²) in [5, 5.41) is 0. The quantitative estimate of drug-likeness (QED) is 0.795. The van der Waals surface area contributed by atoms with E-state index in [-0.39, 0.29) is 6.10 Å². The lowest BCUT2D eigenvalue weighted by atomic mass is 9.88. The molecule has 1 saturated carbocycles. The Kier molecular flexibility index (Phi) is 3.41. The standard InChI is InChI=1S/C18H23NO/c1-13(2)20-17-7-5-4-6-15(17)14-8-11-19-12-16(14)18(3)9-10-18/h6-8,11-13H,4-5,9-10H2,1-3H3. The summed E-state index contributed by atoms with van der Waals surface area (Å²) in [4.78, 5) is 4.35. The maximum atomic E-state index is 6.02. The molecule has 106 valence electrons. The summed E-state index contributed by atoms with van der Waals surface area (Å²) in [5.74, 6) is 1.04. The van der Waals surface area contributed by atoms with Gasteiger partial charge in [0.15, 0.2) is 0 Å². The van der Waals surface area contributed by atoms with Crippen LogP contribution < -0.4 is 0 Å². The Morgan fingerprint density at radius 3 is 2.65 bits per heavy atom. The summed E-state index contributed by atoms with van der Waals surface area (Å²) >= 11 is 0. The molecule has 1 heterocycles. The predicted octanol–water partition coefficient (Wildman–Crippen LogP) is 4.62. The highest BCUT2D eigenvalue weighted by molar-refractivity contribution is 5.80. The lowest BCUT2D eigenvalue weighted by molar-refractivity contribution is 0.159. The van der Waals surface area contributed by atoms with E-state index in [2.05, 4.69) is 44.0 Å². The molecular weight excluding hydrogens is 246 g/mol. The second-order valence-corrected chi connectivity index (χ2v) is 6.41. The van der Waals surface area contributed by atoms with Crippen molar-refractivity contribution in [2.75, 3.05) is 0 Å².